The van der Waals surface area contributed by atoms with Crippen LogP contribution < -0.4 is 16.0 Å². The summed E-state index contributed by atoms with van der Waals surface area (Å²) < 4.78 is 0. The van der Waals surface area contributed by atoms with Crippen LogP contribution in [-0.4, -0.2) is 27.9 Å². The summed E-state index contributed by atoms with van der Waals surface area (Å²) in [7, 11) is 0. The molecule has 7 heteroatoms. The van der Waals surface area contributed by atoms with Gasteiger partial charge in [-0.25, -0.2) is 4.98 Å². The first-order valence-corrected chi connectivity index (χ1v) is 10.4. The van der Waals surface area contributed by atoms with Gasteiger partial charge in [-0.3, -0.25) is 9.59 Å². The lowest BCUT2D eigenvalue weighted by atomic mass is 9.79. The molecule has 1 saturated carbocycles. The zero-order chi connectivity index (χ0) is 21.6. The number of pyridine rings is 1. The fourth-order valence-electron chi connectivity index (χ4n) is 4.64. The minimum absolute atomic E-state index is 0.000460. The molecule has 0 radical (unpaired) electrons. The molecule has 2 aromatic rings. The largest absolute Gasteiger partial charge is 0.387 e. The van der Waals surface area contributed by atoms with Crippen molar-refractivity contribution in [1.29, 1.82) is 0 Å². The van der Waals surface area contributed by atoms with E-state index in [9.17, 15) is 14.7 Å². The van der Waals surface area contributed by atoms with Gasteiger partial charge in [0.05, 0.1) is 17.8 Å². The van der Waals surface area contributed by atoms with Crippen molar-refractivity contribution in [2.24, 2.45) is 17.6 Å². The van der Waals surface area contributed by atoms with Crippen LogP contribution in [0.1, 0.15) is 67.4 Å². The van der Waals surface area contributed by atoms with Gasteiger partial charge in [-0.05, 0) is 61.6 Å². The SMILES string of the molecule is CC(=O)N1c2ccc(C(N)=O)cc2[C@H](Nc2cccc([C@@H](C)O)n2)[C@@H](C)C1C1CC1. The summed E-state index contributed by atoms with van der Waals surface area (Å²) in [5.74, 6) is 0.700. The van der Waals surface area contributed by atoms with Gasteiger partial charge in [0.15, 0.2) is 0 Å². The summed E-state index contributed by atoms with van der Waals surface area (Å²) in [5, 5.41) is 13.4. The molecule has 1 aliphatic carbocycles. The molecule has 2 heterocycles. The van der Waals surface area contributed by atoms with Crippen LogP contribution in [0, 0.1) is 11.8 Å². The van der Waals surface area contributed by atoms with Crippen molar-refractivity contribution in [2.45, 2.75) is 51.8 Å². The second kappa shape index (κ2) is 7.72. The summed E-state index contributed by atoms with van der Waals surface area (Å²) in [5.41, 5.74) is 8.19. The standard InChI is InChI=1S/C23H28N4O3/c1-12-21(26-20-6-4-5-18(25-20)13(2)28)17-11-16(23(24)30)9-10-19(17)27(14(3)29)22(12)15-7-8-15/h4-6,9-13,15,21-22,28H,7-8H2,1-3H3,(H2,24,30)(H,25,26)/t12-,13-,21-,22?/m1/s1. The molecule has 4 atom stereocenters. The summed E-state index contributed by atoms with van der Waals surface area (Å²) in [6, 6.07) is 10.7. The van der Waals surface area contributed by atoms with Crippen LogP contribution in [0.5, 0.6) is 0 Å². The van der Waals surface area contributed by atoms with Gasteiger partial charge in [0.25, 0.3) is 0 Å². The molecule has 2 aliphatic rings. The molecule has 4 N–H and O–H groups in total. The highest BCUT2D eigenvalue weighted by Gasteiger charge is 2.47. The van der Waals surface area contributed by atoms with E-state index in [1.165, 1.54) is 0 Å². The Kier molecular flexibility index (Phi) is 5.24. The molecule has 0 bridgehead atoms. The maximum absolute atomic E-state index is 12.6. The number of nitrogens with zero attached hydrogens (tertiary/aromatic N) is 2. The van der Waals surface area contributed by atoms with E-state index in [2.05, 4.69) is 17.2 Å². The topological polar surface area (TPSA) is 109 Å². The Morgan fingerprint density at radius 3 is 2.60 bits per heavy atom. The molecule has 1 unspecified atom stereocenters. The molecule has 4 rings (SSSR count). The number of carbonyl (C=O) groups is 2. The van der Waals surface area contributed by atoms with Gasteiger partial charge in [0.2, 0.25) is 11.8 Å². The van der Waals surface area contributed by atoms with Crippen LogP contribution in [-0.2, 0) is 4.79 Å². The third-order valence-corrected chi connectivity index (χ3v) is 6.22. The van der Waals surface area contributed by atoms with Crippen LogP contribution in [0.4, 0.5) is 11.5 Å². The van der Waals surface area contributed by atoms with Crippen molar-refractivity contribution >= 4 is 23.3 Å². The molecular weight excluding hydrogens is 380 g/mol. The van der Waals surface area contributed by atoms with E-state index >= 15 is 0 Å². The van der Waals surface area contributed by atoms with E-state index < -0.39 is 12.0 Å². The summed E-state index contributed by atoms with van der Waals surface area (Å²) >= 11 is 0. The van der Waals surface area contributed by atoms with Gasteiger partial charge < -0.3 is 21.1 Å². The molecule has 0 spiro atoms. The van der Waals surface area contributed by atoms with Crippen LogP contribution in [0.25, 0.3) is 0 Å². The quantitative estimate of drug-likeness (QED) is 0.704. The number of nitrogens with one attached hydrogen (secondary N) is 1. The number of benzene rings is 1. The maximum atomic E-state index is 12.6. The highest BCUT2D eigenvalue weighted by atomic mass is 16.3. The molecule has 2 amide bonds. The van der Waals surface area contributed by atoms with Crippen molar-refractivity contribution < 1.29 is 14.7 Å². The first-order chi connectivity index (χ1) is 14.3. The number of aromatic nitrogens is 1. The Morgan fingerprint density at radius 1 is 1.27 bits per heavy atom. The van der Waals surface area contributed by atoms with Gasteiger partial charge in [0, 0.05) is 30.1 Å². The Balaban J connectivity index is 1.81. The highest BCUT2D eigenvalue weighted by molar-refractivity contribution is 5.97. The van der Waals surface area contributed by atoms with E-state index in [0.29, 0.717) is 23.0 Å². The Hall–Kier alpha value is -2.93. The average Bonchev–Trinajstić information content (AvgIpc) is 3.54. The van der Waals surface area contributed by atoms with E-state index in [4.69, 9.17) is 5.73 Å². The molecule has 1 aromatic heterocycles. The van der Waals surface area contributed by atoms with Gasteiger partial charge in [-0.2, -0.15) is 0 Å². The van der Waals surface area contributed by atoms with Crippen molar-refractivity contribution in [1.82, 2.24) is 4.98 Å². The molecule has 30 heavy (non-hydrogen) atoms. The number of aliphatic hydroxyl groups excluding tert-OH is 1. The van der Waals surface area contributed by atoms with E-state index in [0.717, 1.165) is 24.1 Å². The van der Waals surface area contributed by atoms with Crippen molar-refractivity contribution in [2.75, 3.05) is 10.2 Å². The number of aliphatic hydroxyl groups is 1. The summed E-state index contributed by atoms with van der Waals surface area (Å²) in [6.07, 6.45) is 1.54. The van der Waals surface area contributed by atoms with Crippen molar-refractivity contribution in [3.8, 4) is 0 Å². The smallest absolute Gasteiger partial charge is 0.248 e. The van der Waals surface area contributed by atoms with Crippen LogP contribution >= 0.6 is 0 Å². The van der Waals surface area contributed by atoms with E-state index in [-0.39, 0.29) is 23.9 Å². The average molecular weight is 409 g/mol. The number of hydrogen-bond acceptors (Lipinski definition) is 5. The molecule has 0 saturated heterocycles. The molecule has 1 fully saturated rings. The third kappa shape index (κ3) is 3.65. The first-order valence-electron chi connectivity index (χ1n) is 10.4. The number of nitrogens with two attached hydrogens (primary N) is 1. The minimum atomic E-state index is -0.670. The Morgan fingerprint density at radius 2 is 2.00 bits per heavy atom. The lowest BCUT2D eigenvalue weighted by Crippen LogP contribution is -2.51. The number of carbonyl (C=O) groups excluding carboxylic acids is 2. The number of amides is 2. The monoisotopic (exact) mass is 408 g/mol. The zero-order valence-electron chi connectivity index (χ0n) is 17.5. The van der Waals surface area contributed by atoms with Crippen LogP contribution in [0.3, 0.4) is 0 Å². The molecule has 7 nitrogen and oxygen atoms in total. The maximum Gasteiger partial charge on any atom is 0.248 e. The molecule has 158 valence electrons. The lowest BCUT2D eigenvalue weighted by Gasteiger charge is -2.46. The van der Waals surface area contributed by atoms with Gasteiger partial charge in [-0.15, -0.1) is 0 Å². The first kappa shape index (κ1) is 20.3. The van der Waals surface area contributed by atoms with Crippen molar-refractivity contribution in [3.05, 3.63) is 53.2 Å². The van der Waals surface area contributed by atoms with Gasteiger partial charge >= 0.3 is 0 Å². The predicted molar refractivity (Wildman–Crippen MR) is 115 cm³/mol. The molecular formula is C23H28N4O3. The van der Waals surface area contributed by atoms with E-state index in [1.54, 1.807) is 32.0 Å². The second-order valence-corrected chi connectivity index (χ2v) is 8.46. The number of hydrogen-bond donors (Lipinski definition) is 3. The molecule has 1 aliphatic heterocycles. The zero-order valence-corrected chi connectivity index (χ0v) is 17.5. The lowest BCUT2D eigenvalue weighted by molar-refractivity contribution is -0.117. The fourth-order valence-corrected chi connectivity index (χ4v) is 4.64. The Labute approximate surface area is 176 Å². The predicted octanol–water partition coefficient (Wildman–Crippen LogP) is 3.17. The van der Waals surface area contributed by atoms with Crippen molar-refractivity contribution in [3.63, 3.8) is 0 Å². The molecule has 1 aromatic carbocycles. The van der Waals surface area contributed by atoms with E-state index in [1.807, 2.05) is 23.1 Å². The second-order valence-electron chi connectivity index (χ2n) is 8.46. The third-order valence-electron chi connectivity index (χ3n) is 6.22. The highest BCUT2D eigenvalue weighted by Crippen LogP contribution is 2.50. The summed E-state index contributed by atoms with van der Waals surface area (Å²) in [6.45, 7) is 5.40. The van der Waals surface area contributed by atoms with Crippen LogP contribution in [0.15, 0.2) is 36.4 Å². The Bertz CT molecular complexity index is 986. The van der Waals surface area contributed by atoms with Gasteiger partial charge in [-0.1, -0.05) is 13.0 Å². The number of anilines is 2. The normalized spacial score (nSPS) is 24.1. The number of primary amides is 1. The fraction of sp³-hybridized carbons (Fsp3) is 0.435. The van der Waals surface area contributed by atoms with Gasteiger partial charge in [0.1, 0.15) is 5.82 Å². The number of fused-ring (bicyclic) bond motifs is 1. The summed E-state index contributed by atoms with van der Waals surface area (Å²) in [4.78, 5) is 30.9. The number of rotatable bonds is 5. The minimum Gasteiger partial charge on any atom is -0.387 e. The van der Waals surface area contributed by atoms with Crippen LogP contribution in [0.2, 0.25) is 0 Å².